The van der Waals surface area contributed by atoms with Crippen molar-refractivity contribution in [1.82, 2.24) is 19.9 Å². The van der Waals surface area contributed by atoms with E-state index < -0.39 is 0 Å². The van der Waals surface area contributed by atoms with Gasteiger partial charge in [0.1, 0.15) is 0 Å². The van der Waals surface area contributed by atoms with Crippen molar-refractivity contribution >= 4 is 22.5 Å². The molecule has 0 atom stereocenters. The van der Waals surface area contributed by atoms with Crippen LogP contribution in [0.2, 0.25) is 0 Å². The van der Waals surface area contributed by atoms with Crippen LogP contribution < -0.4 is 10.6 Å². The van der Waals surface area contributed by atoms with Crippen LogP contribution in [0.5, 0.6) is 0 Å². The van der Waals surface area contributed by atoms with E-state index in [9.17, 15) is 0 Å². The van der Waals surface area contributed by atoms with Crippen molar-refractivity contribution in [1.29, 1.82) is 0 Å². The Morgan fingerprint density at radius 2 is 1.69 bits per heavy atom. The number of aromatic nitrogens is 3. The van der Waals surface area contributed by atoms with Crippen LogP contribution in [0.4, 0.5) is 11.6 Å². The lowest BCUT2D eigenvalue weighted by Crippen LogP contribution is -2.25. The number of pyridine rings is 1. The Bertz CT molecular complexity index is 1170. The molecular formula is C23H22N6. The van der Waals surface area contributed by atoms with Crippen LogP contribution >= 0.6 is 0 Å². The summed E-state index contributed by atoms with van der Waals surface area (Å²) in [5, 5.41) is 1.07. The summed E-state index contributed by atoms with van der Waals surface area (Å²) >= 11 is 0. The summed E-state index contributed by atoms with van der Waals surface area (Å²) in [5.41, 5.74) is 11.0. The van der Waals surface area contributed by atoms with Crippen LogP contribution in [0, 0.1) is 0 Å². The summed E-state index contributed by atoms with van der Waals surface area (Å²) in [6.07, 6.45) is 1.81. The molecule has 2 aromatic carbocycles. The van der Waals surface area contributed by atoms with Gasteiger partial charge in [0.2, 0.25) is 0 Å². The summed E-state index contributed by atoms with van der Waals surface area (Å²) in [5.74, 6) is 1.21. The van der Waals surface area contributed by atoms with Crippen molar-refractivity contribution in [2.75, 3.05) is 37.4 Å². The minimum atomic E-state index is 0.463. The standard InChI is InChI=1S/C23H22N6/c1-28-12-13-29(15-28)23-22(24)26-20(16-6-3-2-4-7-16)21(27-23)18-9-10-19-17(14-18)8-5-11-25-19/h2-11,14H,12-13,15H2,1H3,(H2,24,26). The van der Waals surface area contributed by atoms with Crippen molar-refractivity contribution in [3.63, 3.8) is 0 Å². The van der Waals surface area contributed by atoms with E-state index in [2.05, 4.69) is 40.0 Å². The molecule has 0 bridgehead atoms. The molecule has 0 aliphatic carbocycles. The summed E-state index contributed by atoms with van der Waals surface area (Å²) in [4.78, 5) is 18.7. The number of anilines is 2. The van der Waals surface area contributed by atoms with Gasteiger partial charge in [0.25, 0.3) is 0 Å². The monoisotopic (exact) mass is 382 g/mol. The van der Waals surface area contributed by atoms with Crippen LogP contribution in [0.25, 0.3) is 33.4 Å². The first-order chi connectivity index (χ1) is 14.2. The van der Waals surface area contributed by atoms with Crippen LogP contribution in [-0.2, 0) is 0 Å². The number of hydrogen-bond donors (Lipinski definition) is 1. The third-order valence-corrected chi connectivity index (χ3v) is 5.29. The molecule has 0 radical (unpaired) electrons. The highest BCUT2D eigenvalue weighted by atomic mass is 15.4. The third-order valence-electron chi connectivity index (χ3n) is 5.29. The maximum atomic E-state index is 6.38. The van der Waals surface area contributed by atoms with Gasteiger partial charge in [-0.15, -0.1) is 0 Å². The van der Waals surface area contributed by atoms with Gasteiger partial charge in [-0.3, -0.25) is 9.88 Å². The molecule has 0 spiro atoms. The van der Waals surface area contributed by atoms with E-state index in [0.717, 1.165) is 59.0 Å². The SMILES string of the molecule is CN1CCN(c2nc(-c3ccc4ncccc4c3)c(-c3ccccc3)nc2N)C1. The summed E-state index contributed by atoms with van der Waals surface area (Å²) in [6.45, 7) is 2.67. The molecule has 0 unspecified atom stereocenters. The molecular weight excluding hydrogens is 360 g/mol. The van der Waals surface area contributed by atoms with Crippen LogP contribution in [0.1, 0.15) is 0 Å². The fourth-order valence-corrected chi connectivity index (χ4v) is 3.79. The quantitative estimate of drug-likeness (QED) is 0.583. The number of benzene rings is 2. The summed E-state index contributed by atoms with van der Waals surface area (Å²) in [7, 11) is 2.10. The highest BCUT2D eigenvalue weighted by molar-refractivity contribution is 5.88. The Hall–Kier alpha value is -3.51. The normalized spacial score (nSPS) is 14.6. The zero-order valence-corrected chi connectivity index (χ0v) is 16.3. The number of likely N-dealkylation sites (N-methyl/N-ethyl adjacent to an activating group) is 1. The van der Waals surface area contributed by atoms with Gasteiger partial charge in [-0.1, -0.05) is 42.5 Å². The predicted molar refractivity (Wildman–Crippen MR) is 117 cm³/mol. The molecule has 29 heavy (non-hydrogen) atoms. The summed E-state index contributed by atoms with van der Waals surface area (Å²) in [6, 6.07) is 20.3. The number of fused-ring (bicyclic) bond motifs is 1. The molecule has 0 amide bonds. The van der Waals surface area contributed by atoms with Crippen LogP contribution in [0.3, 0.4) is 0 Å². The van der Waals surface area contributed by atoms with Gasteiger partial charge >= 0.3 is 0 Å². The second-order valence-corrected chi connectivity index (χ2v) is 7.39. The van der Waals surface area contributed by atoms with Gasteiger partial charge in [-0.2, -0.15) is 0 Å². The van der Waals surface area contributed by atoms with E-state index in [1.165, 1.54) is 0 Å². The average molecular weight is 382 g/mol. The molecule has 3 heterocycles. The van der Waals surface area contributed by atoms with Crippen molar-refractivity contribution in [3.8, 4) is 22.5 Å². The smallest absolute Gasteiger partial charge is 0.173 e. The highest BCUT2D eigenvalue weighted by Gasteiger charge is 2.23. The van der Waals surface area contributed by atoms with Gasteiger partial charge in [-0.05, 0) is 25.2 Å². The first kappa shape index (κ1) is 17.6. The maximum Gasteiger partial charge on any atom is 0.173 e. The molecule has 6 nitrogen and oxygen atoms in total. The van der Waals surface area contributed by atoms with Crippen molar-refractivity contribution in [3.05, 3.63) is 66.9 Å². The molecule has 6 heteroatoms. The van der Waals surface area contributed by atoms with Gasteiger partial charge in [0, 0.05) is 35.8 Å². The van der Waals surface area contributed by atoms with E-state index in [1.807, 2.05) is 48.7 Å². The van der Waals surface area contributed by atoms with Gasteiger partial charge < -0.3 is 10.6 Å². The number of nitrogens with two attached hydrogens (primary N) is 1. The molecule has 1 saturated heterocycles. The molecule has 4 aromatic rings. The fraction of sp³-hybridized carbons (Fsp3) is 0.174. The van der Waals surface area contributed by atoms with E-state index in [4.69, 9.17) is 15.7 Å². The lowest BCUT2D eigenvalue weighted by Gasteiger charge is -2.21. The molecule has 1 aliphatic heterocycles. The third kappa shape index (κ3) is 3.28. The lowest BCUT2D eigenvalue weighted by molar-refractivity contribution is 0.420. The lowest BCUT2D eigenvalue weighted by atomic mass is 10.0. The minimum absolute atomic E-state index is 0.463. The maximum absolute atomic E-state index is 6.38. The molecule has 1 fully saturated rings. The summed E-state index contributed by atoms with van der Waals surface area (Å²) < 4.78 is 0. The molecule has 2 N–H and O–H groups in total. The first-order valence-electron chi connectivity index (χ1n) is 9.70. The predicted octanol–water partition coefficient (Wildman–Crippen LogP) is 3.65. The van der Waals surface area contributed by atoms with Crippen molar-refractivity contribution < 1.29 is 0 Å². The van der Waals surface area contributed by atoms with Gasteiger partial charge in [0.15, 0.2) is 11.6 Å². The first-order valence-corrected chi connectivity index (χ1v) is 9.70. The van der Waals surface area contributed by atoms with Gasteiger partial charge in [-0.25, -0.2) is 9.97 Å². The molecule has 144 valence electrons. The largest absolute Gasteiger partial charge is 0.381 e. The fourth-order valence-electron chi connectivity index (χ4n) is 3.79. The molecule has 2 aromatic heterocycles. The second kappa shape index (κ2) is 7.14. The Morgan fingerprint density at radius 1 is 0.862 bits per heavy atom. The van der Waals surface area contributed by atoms with Crippen molar-refractivity contribution in [2.45, 2.75) is 0 Å². The Morgan fingerprint density at radius 3 is 2.48 bits per heavy atom. The molecule has 1 aliphatic rings. The van der Waals surface area contributed by atoms with E-state index in [1.54, 1.807) is 0 Å². The van der Waals surface area contributed by atoms with E-state index >= 15 is 0 Å². The Labute approximate surface area is 169 Å². The highest BCUT2D eigenvalue weighted by Crippen LogP contribution is 2.35. The zero-order valence-electron chi connectivity index (χ0n) is 16.3. The van der Waals surface area contributed by atoms with Crippen LogP contribution in [0.15, 0.2) is 66.9 Å². The van der Waals surface area contributed by atoms with Gasteiger partial charge in [0.05, 0.1) is 23.6 Å². The number of nitrogens with zero attached hydrogens (tertiary/aromatic N) is 5. The minimum Gasteiger partial charge on any atom is -0.381 e. The Kier molecular flexibility index (Phi) is 4.33. The Balaban J connectivity index is 1.71. The average Bonchev–Trinajstić information content (AvgIpc) is 3.20. The van der Waals surface area contributed by atoms with E-state index in [-0.39, 0.29) is 0 Å². The molecule has 5 rings (SSSR count). The van der Waals surface area contributed by atoms with E-state index in [0.29, 0.717) is 5.82 Å². The number of rotatable bonds is 3. The molecule has 0 saturated carbocycles. The second-order valence-electron chi connectivity index (χ2n) is 7.39. The topological polar surface area (TPSA) is 71.2 Å². The van der Waals surface area contributed by atoms with Crippen LogP contribution in [-0.4, -0.2) is 46.7 Å². The number of nitrogen functional groups attached to an aromatic ring is 1. The zero-order chi connectivity index (χ0) is 19.8. The number of hydrogen-bond acceptors (Lipinski definition) is 6. The van der Waals surface area contributed by atoms with Crippen molar-refractivity contribution in [2.24, 2.45) is 0 Å².